The Labute approximate surface area is 166 Å². The van der Waals surface area contributed by atoms with E-state index < -0.39 is 0 Å². The van der Waals surface area contributed by atoms with Gasteiger partial charge in [0.05, 0.1) is 25.4 Å². The maximum atomic E-state index is 13.2. The fourth-order valence-electron chi connectivity index (χ4n) is 4.26. The van der Waals surface area contributed by atoms with Crippen molar-refractivity contribution in [2.24, 2.45) is 5.92 Å². The first-order valence-corrected chi connectivity index (χ1v) is 10.2. The first-order chi connectivity index (χ1) is 13.5. The summed E-state index contributed by atoms with van der Waals surface area (Å²) < 4.78 is 11.2. The summed E-state index contributed by atoms with van der Waals surface area (Å²) in [6.07, 6.45) is 1.41. The van der Waals surface area contributed by atoms with Gasteiger partial charge in [-0.2, -0.15) is 0 Å². The Morgan fingerprint density at radius 3 is 2.46 bits per heavy atom. The molecule has 3 aliphatic heterocycles. The highest BCUT2D eigenvalue weighted by Gasteiger charge is 2.35. The van der Waals surface area contributed by atoms with Gasteiger partial charge in [-0.15, -0.1) is 0 Å². The van der Waals surface area contributed by atoms with E-state index >= 15 is 0 Å². The lowest BCUT2D eigenvalue weighted by molar-refractivity contribution is -0.141. The average Bonchev–Trinajstić information content (AvgIpc) is 2.73. The van der Waals surface area contributed by atoms with Gasteiger partial charge in [0.25, 0.3) is 0 Å². The number of ether oxygens (including phenoxy) is 2. The summed E-state index contributed by atoms with van der Waals surface area (Å²) in [6, 6.07) is 5.96. The topological polar surface area (TPSA) is 62.3 Å². The lowest BCUT2D eigenvalue weighted by Gasteiger charge is -2.40. The number of rotatable bonds is 1. The second-order valence-corrected chi connectivity index (χ2v) is 7.99. The Balaban J connectivity index is 1.40. The standard InChI is InChI=1S/C21H29N3O4/c1-15-3-4-19-18(13-15)24(14-16(2)28-19)21(26)23-7-5-17(6-8-23)20(25)22-9-11-27-12-10-22/h3-4,13,16-17H,5-12,14H2,1-2H3. The second-order valence-electron chi connectivity index (χ2n) is 7.99. The van der Waals surface area contributed by atoms with Crippen LogP contribution in [0.4, 0.5) is 10.5 Å². The maximum absolute atomic E-state index is 13.2. The summed E-state index contributed by atoms with van der Waals surface area (Å²) in [7, 11) is 0. The molecule has 0 bridgehead atoms. The number of anilines is 1. The molecular weight excluding hydrogens is 358 g/mol. The molecular formula is C21H29N3O4. The molecule has 1 atom stereocenters. The lowest BCUT2D eigenvalue weighted by Crippen LogP contribution is -2.52. The molecule has 0 aliphatic carbocycles. The van der Waals surface area contributed by atoms with Crippen molar-refractivity contribution < 1.29 is 19.1 Å². The normalized spacial score (nSPS) is 23.2. The van der Waals surface area contributed by atoms with Crippen LogP contribution in [0.15, 0.2) is 18.2 Å². The van der Waals surface area contributed by atoms with Gasteiger partial charge < -0.3 is 19.3 Å². The zero-order valence-corrected chi connectivity index (χ0v) is 16.7. The number of fused-ring (bicyclic) bond motifs is 1. The minimum atomic E-state index is -0.0420. The Morgan fingerprint density at radius 2 is 1.75 bits per heavy atom. The third-order valence-electron chi connectivity index (χ3n) is 5.84. The van der Waals surface area contributed by atoms with E-state index in [0.29, 0.717) is 45.9 Å². The molecule has 3 aliphatic rings. The van der Waals surface area contributed by atoms with Crippen molar-refractivity contribution in [1.29, 1.82) is 0 Å². The van der Waals surface area contributed by atoms with Crippen LogP contribution in [0.5, 0.6) is 5.75 Å². The monoisotopic (exact) mass is 387 g/mol. The minimum Gasteiger partial charge on any atom is -0.487 e. The van der Waals surface area contributed by atoms with Gasteiger partial charge in [0.1, 0.15) is 11.9 Å². The number of piperidine rings is 1. The highest BCUT2D eigenvalue weighted by atomic mass is 16.5. The van der Waals surface area contributed by atoms with E-state index in [0.717, 1.165) is 29.8 Å². The smallest absolute Gasteiger partial charge is 0.324 e. The van der Waals surface area contributed by atoms with Crippen LogP contribution in [0.1, 0.15) is 25.3 Å². The van der Waals surface area contributed by atoms with Crippen LogP contribution in [0.25, 0.3) is 0 Å². The van der Waals surface area contributed by atoms with Gasteiger partial charge in [0, 0.05) is 32.1 Å². The third-order valence-corrected chi connectivity index (χ3v) is 5.84. The summed E-state index contributed by atoms with van der Waals surface area (Å²) >= 11 is 0. The SMILES string of the molecule is Cc1ccc2c(c1)N(C(=O)N1CCC(C(=O)N3CCOCC3)CC1)CC(C)O2. The third kappa shape index (κ3) is 3.81. The van der Waals surface area contributed by atoms with Gasteiger partial charge in [-0.3, -0.25) is 9.69 Å². The molecule has 7 heteroatoms. The maximum Gasteiger partial charge on any atom is 0.324 e. The van der Waals surface area contributed by atoms with E-state index in [2.05, 4.69) is 0 Å². The fourth-order valence-corrected chi connectivity index (χ4v) is 4.26. The molecule has 152 valence electrons. The number of urea groups is 1. The molecule has 3 heterocycles. The lowest BCUT2D eigenvalue weighted by atomic mass is 9.95. The molecule has 1 aromatic rings. The van der Waals surface area contributed by atoms with Crippen molar-refractivity contribution in [2.45, 2.75) is 32.8 Å². The number of carbonyl (C=O) groups excluding carboxylic acids is 2. The molecule has 0 aromatic heterocycles. The van der Waals surface area contributed by atoms with Crippen molar-refractivity contribution in [2.75, 3.05) is 50.8 Å². The predicted octanol–water partition coefficient (Wildman–Crippen LogP) is 2.27. The van der Waals surface area contributed by atoms with Gasteiger partial charge in [-0.1, -0.05) is 6.07 Å². The summed E-state index contributed by atoms with van der Waals surface area (Å²) in [5, 5.41) is 0. The molecule has 4 rings (SSSR count). The van der Waals surface area contributed by atoms with Gasteiger partial charge >= 0.3 is 6.03 Å². The number of aryl methyl sites for hydroxylation is 1. The number of amides is 3. The molecule has 0 N–H and O–H groups in total. The Hall–Kier alpha value is -2.28. The number of hydrogen-bond donors (Lipinski definition) is 0. The summed E-state index contributed by atoms with van der Waals surface area (Å²) in [4.78, 5) is 31.6. The number of benzene rings is 1. The second kappa shape index (κ2) is 7.99. The first-order valence-electron chi connectivity index (χ1n) is 10.2. The van der Waals surface area contributed by atoms with Crippen LogP contribution in [0.2, 0.25) is 0 Å². The Bertz CT molecular complexity index is 739. The van der Waals surface area contributed by atoms with E-state index in [-0.39, 0.29) is 24.0 Å². The van der Waals surface area contributed by atoms with Crippen LogP contribution in [-0.2, 0) is 9.53 Å². The van der Waals surface area contributed by atoms with Gasteiger partial charge in [0.15, 0.2) is 0 Å². The van der Waals surface area contributed by atoms with Crippen molar-refractivity contribution in [3.63, 3.8) is 0 Å². The quantitative estimate of drug-likeness (QED) is 0.742. The van der Waals surface area contributed by atoms with Gasteiger partial charge in [0.2, 0.25) is 5.91 Å². The van der Waals surface area contributed by atoms with Crippen molar-refractivity contribution >= 4 is 17.6 Å². The van der Waals surface area contributed by atoms with Crippen molar-refractivity contribution in [3.05, 3.63) is 23.8 Å². The van der Waals surface area contributed by atoms with Crippen LogP contribution in [0, 0.1) is 12.8 Å². The molecule has 1 aromatic carbocycles. The molecule has 1 unspecified atom stereocenters. The molecule has 28 heavy (non-hydrogen) atoms. The van der Waals surface area contributed by atoms with Gasteiger partial charge in [-0.25, -0.2) is 4.79 Å². The zero-order chi connectivity index (χ0) is 19.7. The van der Waals surface area contributed by atoms with Gasteiger partial charge in [-0.05, 0) is 44.4 Å². The van der Waals surface area contributed by atoms with E-state index in [9.17, 15) is 9.59 Å². The molecule has 0 spiro atoms. The molecule has 0 radical (unpaired) electrons. The summed E-state index contributed by atoms with van der Waals surface area (Å²) in [5.41, 5.74) is 1.94. The van der Waals surface area contributed by atoms with E-state index in [4.69, 9.17) is 9.47 Å². The number of likely N-dealkylation sites (tertiary alicyclic amines) is 1. The number of nitrogens with zero attached hydrogens (tertiary/aromatic N) is 3. The predicted molar refractivity (Wildman–Crippen MR) is 106 cm³/mol. The zero-order valence-electron chi connectivity index (χ0n) is 16.7. The van der Waals surface area contributed by atoms with Crippen LogP contribution >= 0.6 is 0 Å². The first kappa shape index (κ1) is 19.1. The highest BCUT2D eigenvalue weighted by molar-refractivity contribution is 5.94. The fraction of sp³-hybridized carbons (Fsp3) is 0.619. The Kier molecular flexibility index (Phi) is 5.44. The van der Waals surface area contributed by atoms with Crippen molar-refractivity contribution in [3.8, 4) is 5.75 Å². The molecule has 2 fully saturated rings. The van der Waals surface area contributed by atoms with Crippen LogP contribution in [-0.4, -0.2) is 73.8 Å². The number of morpholine rings is 1. The molecule has 0 saturated carbocycles. The van der Waals surface area contributed by atoms with E-state index in [1.54, 1.807) is 0 Å². The molecule has 3 amide bonds. The highest BCUT2D eigenvalue weighted by Crippen LogP contribution is 2.35. The van der Waals surface area contributed by atoms with Crippen molar-refractivity contribution in [1.82, 2.24) is 9.80 Å². The number of carbonyl (C=O) groups is 2. The van der Waals surface area contributed by atoms with Crippen LogP contribution < -0.4 is 9.64 Å². The molecule has 2 saturated heterocycles. The van der Waals surface area contributed by atoms with Crippen LogP contribution in [0.3, 0.4) is 0 Å². The Morgan fingerprint density at radius 1 is 1.04 bits per heavy atom. The molecule has 7 nitrogen and oxygen atoms in total. The summed E-state index contributed by atoms with van der Waals surface area (Å²) in [6.45, 7) is 8.38. The van der Waals surface area contributed by atoms with E-state index in [1.807, 2.05) is 46.7 Å². The number of hydrogen-bond acceptors (Lipinski definition) is 4. The largest absolute Gasteiger partial charge is 0.487 e. The minimum absolute atomic E-state index is 0.0132. The van der Waals surface area contributed by atoms with E-state index in [1.165, 1.54) is 0 Å². The summed E-state index contributed by atoms with van der Waals surface area (Å²) in [5.74, 6) is 0.992. The average molecular weight is 387 g/mol.